The Morgan fingerprint density at radius 2 is 1.95 bits per heavy atom. The zero-order valence-electron chi connectivity index (χ0n) is 11.8. The Kier molecular flexibility index (Phi) is 4.67. The molecule has 7 nitrogen and oxygen atoms in total. The lowest BCUT2D eigenvalue weighted by Gasteiger charge is -2.10. The van der Waals surface area contributed by atoms with Crippen molar-refractivity contribution in [2.45, 2.75) is 24.8 Å². The van der Waals surface area contributed by atoms with Gasteiger partial charge in [-0.2, -0.15) is 0 Å². The molecule has 0 aliphatic carbocycles. The van der Waals surface area contributed by atoms with E-state index in [2.05, 4.69) is 9.71 Å². The Labute approximate surface area is 131 Å². The molecule has 2 rings (SSSR count). The van der Waals surface area contributed by atoms with Crippen molar-refractivity contribution in [2.75, 3.05) is 4.72 Å². The molecular formula is C13H14N2O5S2. The molecule has 2 aromatic rings. The predicted molar refractivity (Wildman–Crippen MR) is 82.1 cm³/mol. The highest BCUT2D eigenvalue weighted by Crippen LogP contribution is 2.22. The smallest absolute Gasteiger partial charge is 0.355 e. The van der Waals surface area contributed by atoms with E-state index < -0.39 is 16.0 Å². The van der Waals surface area contributed by atoms with Gasteiger partial charge in [-0.15, -0.1) is 11.3 Å². The number of nitrogens with zero attached hydrogens (tertiary/aromatic N) is 1. The monoisotopic (exact) mass is 342 g/mol. The fourth-order valence-corrected chi connectivity index (χ4v) is 3.50. The number of aromatic nitrogens is 1. The molecular weight excluding hydrogens is 328 g/mol. The number of aromatic carboxylic acids is 1. The second-order valence-electron chi connectivity index (χ2n) is 4.59. The molecule has 0 amide bonds. The molecule has 0 fully saturated rings. The summed E-state index contributed by atoms with van der Waals surface area (Å²) in [6.45, 7) is 3.74. The van der Waals surface area contributed by atoms with Crippen LogP contribution in [0, 0.1) is 0 Å². The molecule has 0 atom stereocenters. The van der Waals surface area contributed by atoms with Crippen LogP contribution in [0.2, 0.25) is 0 Å². The molecule has 1 aromatic heterocycles. The number of anilines is 1. The lowest BCUT2D eigenvalue weighted by Crippen LogP contribution is -2.13. The lowest BCUT2D eigenvalue weighted by atomic mass is 10.3. The fraction of sp³-hybridized carbons (Fsp3) is 0.231. The third kappa shape index (κ3) is 3.95. The highest BCUT2D eigenvalue weighted by Gasteiger charge is 2.17. The molecule has 0 bridgehead atoms. The Bertz CT molecular complexity index is 766. The van der Waals surface area contributed by atoms with Crippen molar-refractivity contribution in [3.8, 4) is 5.75 Å². The lowest BCUT2D eigenvalue weighted by molar-refractivity contribution is 0.0691. The van der Waals surface area contributed by atoms with E-state index in [9.17, 15) is 13.2 Å². The minimum atomic E-state index is -3.82. The molecule has 1 aromatic carbocycles. The molecule has 0 unspecified atom stereocenters. The van der Waals surface area contributed by atoms with Crippen molar-refractivity contribution in [1.29, 1.82) is 0 Å². The average Bonchev–Trinajstić information content (AvgIpc) is 2.86. The summed E-state index contributed by atoms with van der Waals surface area (Å²) in [6, 6.07) is 5.93. The number of rotatable bonds is 6. The van der Waals surface area contributed by atoms with Crippen LogP contribution in [-0.4, -0.2) is 30.6 Å². The number of sulfonamides is 1. The molecule has 0 spiro atoms. The van der Waals surface area contributed by atoms with Gasteiger partial charge in [0.05, 0.1) is 11.0 Å². The van der Waals surface area contributed by atoms with Gasteiger partial charge in [0, 0.05) is 5.38 Å². The highest BCUT2D eigenvalue weighted by molar-refractivity contribution is 7.93. The number of nitrogens with one attached hydrogen (secondary N) is 1. The number of hydrogen-bond acceptors (Lipinski definition) is 6. The first-order chi connectivity index (χ1) is 10.3. The predicted octanol–water partition coefficient (Wildman–Crippen LogP) is 2.43. The maximum atomic E-state index is 12.2. The standard InChI is InChI=1S/C13H14N2O5S2/c1-8(2)20-9-3-5-10(6-4-9)22(18,19)15-13-14-11(7-21-13)12(16)17/h3-8H,1-2H3,(H,14,15)(H,16,17). The molecule has 0 saturated heterocycles. The summed E-state index contributed by atoms with van der Waals surface area (Å²) in [5, 5.41) is 10.0. The summed E-state index contributed by atoms with van der Waals surface area (Å²) in [4.78, 5) is 14.4. The number of carboxylic acid groups (broad SMARTS) is 1. The van der Waals surface area contributed by atoms with Crippen LogP contribution in [0.1, 0.15) is 24.3 Å². The van der Waals surface area contributed by atoms with Gasteiger partial charge in [-0.25, -0.2) is 18.2 Å². The molecule has 22 heavy (non-hydrogen) atoms. The van der Waals surface area contributed by atoms with E-state index in [-0.39, 0.29) is 21.8 Å². The van der Waals surface area contributed by atoms with E-state index in [0.29, 0.717) is 5.75 Å². The quantitative estimate of drug-likeness (QED) is 0.835. The molecule has 9 heteroatoms. The summed E-state index contributed by atoms with van der Waals surface area (Å²) < 4.78 is 32.0. The number of carboxylic acids is 1. The maximum absolute atomic E-state index is 12.2. The first kappa shape index (κ1) is 16.2. The Hall–Kier alpha value is -2.13. The van der Waals surface area contributed by atoms with Crippen LogP contribution in [0.25, 0.3) is 0 Å². The third-order valence-electron chi connectivity index (χ3n) is 2.45. The van der Waals surface area contributed by atoms with Crippen LogP contribution in [0.3, 0.4) is 0 Å². The first-order valence-corrected chi connectivity index (χ1v) is 8.62. The average molecular weight is 342 g/mol. The van der Waals surface area contributed by atoms with Gasteiger partial charge in [-0.05, 0) is 38.1 Å². The van der Waals surface area contributed by atoms with Gasteiger partial charge >= 0.3 is 5.97 Å². The van der Waals surface area contributed by atoms with Crippen LogP contribution in [0.4, 0.5) is 5.13 Å². The number of carbonyl (C=O) groups is 1. The minimum absolute atomic E-state index is 0.0000862. The van der Waals surface area contributed by atoms with Crippen LogP contribution < -0.4 is 9.46 Å². The Morgan fingerprint density at radius 1 is 1.32 bits per heavy atom. The summed E-state index contributed by atoms with van der Waals surface area (Å²) in [5.74, 6) is -0.645. The van der Waals surface area contributed by atoms with Crippen molar-refractivity contribution < 1.29 is 23.1 Å². The second kappa shape index (κ2) is 6.32. The highest BCUT2D eigenvalue weighted by atomic mass is 32.2. The van der Waals surface area contributed by atoms with Gasteiger partial charge < -0.3 is 9.84 Å². The topological polar surface area (TPSA) is 106 Å². The SMILES string of the molecule is CC(C)Oc1ccc(S(=O)(=O)Nc2nc(C(=O)O)cs2)cc1. The van der Waals surface area contributed by atoms with E-state index in [0.717, 1.165) is 11.3 Å². The van der Waals surface area contributed by atoms with Crippen molar-refractivity contribution in [2.24, 2.45) is 0 Å². The minimum Gasteiger partial charge on any atom is -0.491 e. The van der Waals surface area contributed by atoms with Crippen LogP contribution >= 0.6 is 11.3 Å². The summed E-state index contributed by atoms with van der Waals surface area (Å²) >= 11 is 0.904. The molecule has 118 valence electrons. The zero-order valence-corrected chi connectivity index (χ0v) is 13.4. The maximum Gasteiger partial charge on any atom is 0.355 e. The van der Waals surface area contributed by atoms with Gasteiger partial charge in [-0.1, -0.05) is 0 Å². The van der Waals surface area contributed by atoms with Gasteiger partial charge in [0.2, 0.25) is 0 Å². The van der Waals surface area contributed by atoms with Crippen LogP contribution in [-0.2, 0) is 10.0 Å². The normalized spacial score (nSPS) is 11.4. The number of thiazole rings is 1. The van der Waals surface area contributed by atoms with E-state index in [1.165, 1.54) is 17.5 Å². The van der Waals surface area contributed by atoms with E-state index >= 15 is 0 Å². The fourth-order valence-electron chi connectivity index (χ4n) is 1.56. The van der Waals surface area contributed by atoms with E-state index in [1.807, 2.05) is 13.8 Å². The van der Waals surface area contributed by atoms with Crippen molar-refractivity contribution in [3.63, 3.8) is 0 Å². The number of hydrogen-bond donors (Lipinski definition) is 2. The number of benzene rings is 1. The molecule has 0 saturated carbocycles. The molecule has 2 N–H and O–H groups in total. The van der Waals surface area contributed by atoms with Gasteiger partial charge in [0.25, 0.3) is 10.0 Å². The first-order valence-electron chi connectivity index (χ1n) is 6.26. The van der Waals surface area contributed by atoms with Crippen LogP contribution in [0.5, 0.6) is 5.75 Å². The molecule has 0 aliphatic heterocycles. The van der Waals surface area contributed by atoms with Gasteiger partial charge in [-0.3, -0.25) is 4.72 Å². The van der Waals surface area contributed by atoms with Gasteiger partial charge in [0.1, 0.15) is 5.75 Å². The molecule has 0 aliphatic rings. The molecule has 0 radical (unpaired) electrons. The number of ether oxygens (including phenoxy) is 1. The largest absolute Gasteiger partial charge is 0.491 e. The Morgan fingerprint density at radius 3 is 2.45 bits per heavy atom. The third-order valence-corrected chi connectivity index (χ3v) is 4.69. The summed E-state index contributed by atoms with van der Waals surface area (Å²) in [5.41, 5.74) is -0.205. The van der Waals surface area contributed by atoms with Crippen molar-refractivity contribution >= 4 is 32.5 Å². The zero-order chi connectivity index (χ0) is 16.3. The van der Waals surface area contributed by atoms with E-state index in [1.54, 1.807) is 12.1 Å². The van der Waals surface area contributed by atoms with Crippen LogP contribution in [0.15, 0.2) is 34.5 Å². The van der Waals surface area contributed by atoms with E-state index in [4.69, 9.17) is 9.84 Å². The summed E-state index contributed by atoms with van der Waals surface area (Å²) in [6.07, 6.45) is -0.00894. The van der Waals surface area contributed by atoms with Crippen molar-refractivity contribution in [1.82, 2.24) is 4.98 Å². The van der Waals surface area contributed by atoms with Crippen molar-refractivity contribution in [3.05, 3.63) is 35.3 Å². The summed E-state index contributed by atoms with van der Waals surface area (Å²) in [7, 11) is -3.82. The second-order valence-corrected chi connectivity index (χ2v) is 7.13. The van der Waals surface area contributed by atoms with Gasteiger partial charge in [0.15, 0.2) is 10.8 Å². The molecule has 1 heterocycles. The Balaban J connectivity index is 2.17.